The smallest absolute Gasteiger partial charge is 0.247 e. The maximum atomic E-state index is 12.6. The standard InChI is InChI=1S/C17H17N3O2/c1-12(21)20-11-14-6-2-3-7-15(14)16(20)17(22)19-10-13-5-4-8-18-9-13/h2-9,16H,10-11H2,1H3,(H,19,22). The molecule has 0 saturated carbocycles. The van der Waals surface area contributed by atoms with Gasteiger partial charge in [0, 0.05) is 32.4 Å². The molecule has 1 atom stereocenters. The number of fused-ring (bicyclic) bond motifs is 1. The van der Waals surface area contributed by atoms with E-state index in [1.807, 2.05) is 36.4 Å². The van der Waals surface area contributed by atoms with Crippen molar-refractivity contribution in [2.45, 2.75) is 26.1 Å². The van der Waals surface area contributed by atoms with Gasteiger partial charge in [-0.25, -0.2) is 0 Å². The van der Waals surface area contributed by atoms with Gasteiger partial charge in [0.15, 0.2) is 0 Å². The van der Waals surface area contributed by atoms with Crippen molar-refractivity contribution in [3.63, 3.8) is 0 Å². The van der Waals surface area contributed by atoms with Crippen molar-refractivity contribution in [2.24, 2.45) is 0 Å². The Morgan fingerprint density at radius 1 is 1.27 bits per heavy atom. The molecular weight excluding hydrogens is 278 g/mol. The van der Waals surface area contributed by atoms with Crippen molar-refractivity contribution in [3.05, 3.63) is 65.5 Å². The molecule has 2 heterocycles. The number of nitrogens with one attached hydrogen (secondary N) is 1. The molecule has 1 N–H and O–H groups in total. The molecule has 0 aliphatic carbocycles. The molecule has 1 aromatic heterocycles. The minimum atomic E-state index is -0.551. The number of pyridine rings is 1. The topological polar surface area (TPSA) is 62.3 Å². The molecule has 1 unspecified atom stereocenters. The number of rotatable bonds is 3. The number of amides is 2. The molecular formula is C17H17N3O2. The van der Waals surface area contributed by atoms with Gasteiger partial charge in [0.2, 0.25) is 11.8 Å². The molecule has 5 nitrogen and oxygen atoms in total. The third-order valence-electron chi connectivity index (χ3n) is 3.84. The monoisotopic (exact) mass is 295 g/mol. The largest absolute Gasteiger partial charge is 0.350 e. The maximum Gasteiger partial charge on any atom is 0.247 e. The van der Waals surface area contributed by atoms with E-state index in [-0.39, 0.29) is 11.8 Å². The van der Waals surface area contributed by atoms with Gasteiger partial charge in [0.25, 0.3) is 0 Å². The first-order valence-electron chi connectivity index (χ1n) is 7.18. The van der Waals surface area contributed by atoms with Crippen LogP contribution in [0, 0.1) is 0 Å². The number of carbonyl (C=O) groups excluding carboxylic acids is 2. The molecule has 22 heavy (non-hydrogen) atoms. The molecule has 2 aromatic rings. The third kappa shape index (κ3) is 2.70. The summed E-state index contributed by atoms with van der Waals surface area (Å²) < 4.78 is 0. The molecule has 5 heteroatoms. The van der Waals surface area contributed by atoms with Gasteiger partial charge in [-0.2, -0.15) is 0 Å². The van der Waals surface area contributed by atoms with Gasteiger partial charge in [-0.3, -0.25) is 14.6 Å². The zero-order valence-electron chi connectivity index (χ0n) is 12.3. The Morgan fingerprint density at radius 2 is 2.09 bits per heavy atom. The van der Waals surface area contributed by atoms with Crippen molar-refractivity contribution in [3.8, 4) is 0 Å². The normalized spacial score (nSPS) is 16.2. The summed E-state index contributed by atoms with van der Waals surface area (Å²) in [6.07, 6.45) is 3.40. The number of hydrogen-bond acceptors (Lipinski definition) is 3. The van der Waals surface area contributed by atoms with E-state index in [1.165, 1.54) is 6.92 Å². The van der Waals surface area contributed by atoms with Crippen LogP contribution < -0.4 is 5.32 Å². The summed E-state index contributed by atoms with van der Waals surface area (Å²) >= 11 is 0. The van der Waals surface area contributed by atoms with Gasteiger partial charge in [-0.1, -0.05) is 30.3 Å². The number of nitrogens with zero attached hydrogens (tertiary/aromatic N) is 2. The zero-order valence-corrected chi connectivity index (χ0v) is 12.3. The van der Waals surface area contributed by atoms with Gasteiger partial charge >= 0.3 is 0 Å². The Balaban J connectivity index is 1.78. The van der Waals surface area contributed by atoms with Crippen LogP contribution in [-0.2, 0) is 22.7 Å². The number of carbonyl (C=O) groups is 2. The van der Waals surface area contributed by atoms with Gasteiger partial charge in [-0.15, -0.1) is 0 Å². The first kappa shape index (κ1) is 14.3. The molecule has 1 aliphatic rings. The quantitative estimate of drug-likeness (QED) is 0.939. The summed E-state index contributed by atoms with van der Waals surface area (Å²) in [5, 5.41) is 2.89. The number of hydrogen-bond donors (Lipinski definition) is 1. The van der Waals surface area contributed by atoms with Crippen LogP contribution in [0.5, 0.6) is 0 Å². The Labute approximate surface area is 129 Å². The molecule has 3 rings (SSSR count). The lowest BCUT2D eigenvalue weighted by atomic mass is 10.0. The summed E-state index contributed by atoms with van der Waals surface area (Å²) in [5.41, 5.74) is 2.86. The maximum absolute atomic E-state index is 12.6. The molecule has 1 aliphatic heterocycles. The lowest BCUT2D eigenvalue weighted by molar-refractivity contribution is -0.138. The van der Waals surface area contributed by atoms with Crippen molar-refractivity contribution in [1.29, 1.82) is 0 Å². The molecule has 0 fully saturated rings. The van der Waals surface area contributed by atoms with Gasteiger partial charge < -0.3 is 10.2 Å². The second-order valence-electron chi connectivity index (χ2n) is 5.33. The molecule has 2 amide bonds. The summed E-state index contributed by atoms with van der Waals surface area (Å²) in [5.74, 6) is -0.262. The highest BCUT2D eigenvalue weighted by atomic mass is 16.2. The van der Waals surface area contributed by atoms with E-state index < -0.39 is 6.04 Å². The average Bonchev–Trinajstić information content (AvgIpc) is 2.93. The van der Waals surface area contributed by atoms with Gasteiger partial charge in [0.05, 0.1) is 0 Å². The third-order valence-corrected chi connectivity index (χ3v) is 3.84. The Bertz CT molecular complexity index is 700. The highest BCUT2D eigenvalue weighted by Crippen LogP contribution is 2.33. The molecule has 112 valence electrons. The predicted molar refractivity (Wildman–Crippen MR) is 81.5 cm³/mol. The van der Waals surface area contributed by atoms with E-state index >= 15 is 0 Å². The Hall–Kier alpha value is -2.69. The summed E-state index contributed by atoms with van der Waals surface area (Å²) in [6.45, 7) is 2.38. The van der Waals surface area contributed by atoms with Crippen molar-refractivity contribution < 1.29 is 9.59 Å². The van der Waals surface area contributed by atoms with Crippen LogP contribution in [0.25, 0.3) is 0 Å². The number of aromatic nitrogens is 1. The second-order valence-corrected chi connectivity index (χ2v) is 5.33. The van der Waals surface area contributed by atoms with Crippen LogP contribution in [-0.4, -0.2) is 21.7 Å². The van der Waals surface area contributed by atoms with E-state index in [0.717, 1.165) is 16.7 Å². The van der Waals surface area contributed by atoms with E-state index in [9.17, 15) is 9.59 Å². The zero-order chi connectivity index (χ0) is 15.5. The molecule has 0 spiro atoms. The summed E-state index contributed by atoms with van der Waals surface area (Å²) in [4.78, 5) is 30.0. The first-order chi connectivity index (χ1) is 10.7. The van der Waals surface area contributed by atoms with E-state index in [1.54, 1.807) is 17.3 Å². The average molecular weight is 295 g/mol. The Morgan fingerprint density at radius 3 is 2.82 bits per heavy atom. The molecule has 0 radical (unpaired) electrons. The van der Waals surface area contributed by atoms with Gasteiger partial charge in [0.1, 0.15) is 6.04 Å². The SMILES string of the molecule is CC(=O)N1Cc2ccccc2C1C(=O)NCc1cccnc1. The van der Waals surface area contributed by atoms with Crippen molar-refractivity contribution >= 4 is 11.8 Å². The molecule has 0 saturated heterocycles. The fourth-order valence-electron chi connectivity index (χ4n) is 2.75. The van der Waals surface area contributed by atoms with E-state index in [0.29, 0.717) is 13.1 Å². The number of benzene rings is 1. The first-order valence-corrected chi connectivity index (χ1v) is 7.18. The molecule has 1 aromatic carbocycles. The highest BCUT2D eigenvalue weighted by Gasteiger charge is 2.36. The van der Waals surface area contributed by atoms with Crippen molar-refractivity contribution in [2.75, 3.05) is 0 Å². The fourth-order valence-corrected chi connectivity index (χ4v) is 2.75. The lowest BCUT2D eigenvalue weighted by Gasteiger charge is -2.23. The highest BCUT2D eigenvalue weighted by molar-refractivity contribution is 5.89. The van der Waals surface area contributed by atoms with Crippen molar-refractivity contribution in [1.82, 2.24) is 15.2 Å². The minimum Gasteiger partial charge on any atom is -0.350 e. The fraction of sp³-hybridized carbons (Fsp3) is 0.235. The van der Waals surface area contributed by atoms with Crippen LogP contribution in [0.3, 0.4) is 0 Å². The second kappa shape index (κ2) is 5.97. The molecule has 0 bridgehead atoms. The van der Waals surface area contributed by atoms with Crippen LogP contribution in [0.4, 0.5) is 0 Å². The minimum absolute atomic E-state index is 0.0993. The van der Waals surface area contributed by atoms with Crippen LogP contribution >= 0.6 is 0 Å². The summed E-state index contributed by atoms with van der Waals surface area (Å²) in [7, 11) is 0. The van der Waals surface area contributed by atoms with E-state index in [4.69, 9.17) is 0 Å². The van der Waals surface area contributed by atoms with E-state index in [2.05, 4.69) is 10.3 Å². The van der Waals surface area contributed by atoms with Crippen LogP contribution in [0.1, 0.15) is 29.7 Å². The lowest BCUT2D eigenvalue weighted by Crippen LogP contribution is -2.38. The Kier molecular flexibility index (Phi) is 3.87. The summed E-state index contributed by atoms with van der Waals surface area (Å²) in [6, 6.07) is 10.9. The van der Waals surface area contributed by atoms with Crippen LogP contribution in [0.2, 0.25) is 0 Å². The predicted octanol–water partition coefficient (Wildman–Crippen LogP) is 1.80. The van der Waals surface area contributed by atoms with Gasteiger partial charge in [-0.05, 0) is 22.8 Å². The van der Waals surface area contributed by atoms with Crippen LogP contribution in [0.15, 0.2) is 48.8 Å².